The summed E-state index contributed by atoms with van der Waals surface area (Å²) in [5.41, 5.74) is 0.369. The molecule has 2 rings (SSSR count). The van der Waals surface area contributed by atoms with Gasteiger partial charge in [-0.2, -0.15) is 0 Å². The van der Waals surface area contributed by atoms with Gasteiger partial charge in [0.05, 0.1) is 25.7 Å². The van der Waals surface area contributed by atoms with E-state index in [1.165, 1.54) is 0 Å². The molecule has 1 saturated heterocycles. The van der Waals surface area contributed by atoms with Crippen molar-refractivity contribution in [3.05, 3.63) is 35.9 Å². The fraction of sp³-hybridized carbons (Fsp3) is 0.556. The number of morpholine rings is 1. The van der Waals surface area contributed by atoms with Gasteiger partial charge >= 0.3 is 12.1 Å². The number of carbonyl (C=O) groups is 2. The van der Waals surface area contributed by atoms with Crippen molar-refractivity contribution in [1.29, 1.82) is 0 Å². The van der Waals surface area contributed by atoms with Gasteiger partial charge in [0.25, 0.3) is 0 Å². The summed E-state index contributed by atoms with van der Waals surface area (Å²) in [7, 11) is 0. The van der Waals surface area contributed by atoms with Crippen molar-refractivity contribution in [2.45, 2.75) is 45.4 Å². The lowest BCUT2D eigenvalue weighted by Crippen LogP contribution is -2.50. The predicted molar refractivity (Wildman–Crippen MR) is 88.4 cm³/mol. The summed E-state index contributed by atoms with van der Waals surface area (Å²) in [6.45, 7) is 6.79. The highest BCUT2D eigenvalue weighted by molar-refractivity contribution is 5.73. The number of hydrogen-bond acceptors (Lipinski definition) is 5. The molecule has 1 aromatic carbocycles. The molecule has 1 aliphatic heterocycles. The molecule has 0 N–H and O–H groups in total. The Kier molecular flexibility index (Phi) is 6.20. The normalized spacial score (nSPS) is 18.1. The Morgan fingerprint density at radius 3 is 2.62 bits per heavy atom. The van der Waals surface area contributed by atoms with Crippen molar-refractivity contribution in [3.63, 3.8) is 0 Å². The van der Waals surface area contributed by atoms with Crippen LogP contribution in [0.1, 0.15) is 32.8 Å². The van der Waals surface area contributed by atoms with Crippen LogP contribution in [0.25, 0.3) is 0 Å². The van der Waals surface area contributed by atoms with Crippen LogP contribution >= 0.6 is 0 Å². The van der Waals surface area contributed by atoms with Crippen molar-refractivity contribution in [3.8, 4) is 0 Å². The second-order valence-electron chi connectivity index (χ2n) is 6.75. The third-order valence-electron chi connectivity index (χ3n) is 3.49. The standard InChI is InChI=1S/C18H25NO5/c1-18(2,3)24-16(20)11-15-13-22-10-9-19(15)17(21)23-12-14-7-5-4-6-8-14/h4-8,15H,9-13H2,1-3H3. The number of carbonyl (C=O) groups excluding carboxylic acids is 2. The van der Waals surface area contributed by atoms with Gasteiger partial charge in [-0.25, -0.2) is 4.79 Å². The Morgan fingerprint density at radius 1 is 1.25 bits per heavy atom. The van der Waals surface area contributed by atoms with Gasteiger partial charge in [0.1, 0.15) is 12.2 Å². The lowest BCUT2D eigenvalue weighted by molar-refractivity contribution is -0.157. The zero-order chi connectivity index (χ0) is 17.6. The lowest BCUT2D eigenvalue weighted by atomic mass is 10.1. The average molecular weight is 335 g/mol. The molecule has 1 amide bonds. The topological polar surface area (TPSA) is 65.1 Å². The smallest absolute Gasteiger partial charge is 0.410 e. The summed E-state index contributed by atoms with van der Waals surface area (Å²) in [6, 6.07) is 9.11. The van der Waals surface area contributed by atoms with E-state index < -0.39 is 11.7 Å². The molecular weight excluding hydrogens is 310 g/mol. The molecular formula is C18H25NO5. The van der Waals surface area contributed by atoms with Gasteiger partial charge in [-0.05, 0) is 26.3 Å². The van der Waals surface area contributed by atoms with Crippen LogP contribution in [0.4, 0.5) is 4.79 Å². The highest BCUT2D eigenvalue weighted by Crippen LogP contribution is 2.16. The Morgan fingerprint density at radius 2 is 1.96 bits per heavy atom. The highest BCUT2D eigenvalue weighted by Gasteiger charge is 2.31. The maximum absolute atomic E-state index is 12.3. The molecule has 0 bridgehead atoms. The van der Waals surface area contributed by atoms with E-state index in [0.717, 1.165) is 5.56 Å². The molecule has 0 spiro atoms. The van der Waals surface area contributed by atoms with Gasteiger partial charge in [0, 0.05) is 6.54 Å². The van der Waals surface area contributed by atoms with Crippen molar-refractivity contribution >= 4 is 12.1 Å². The van der Waals surface area contributed by atoms with E-state index in [9.17, 15) is 9.59 Å². The van der Waals surface area contributed by atoms with E-state index in [2.05, 4.69) is 0 Å². The molecule has 0 saturated carbocycles. The molecule has 6 heteroatoms. The third kappa shape index (κ3) is 5.85. The van der Waals surface area contributed by atoms with Gasteiger partial charge in [0.2, 0.25) is 0 Å². The first-order chi connectivity index (χ1) is 11.3. The molecule has 1 unspecified atom stereocenters. The quantitative estimate of drug-likeness (QED) is 0.792. The molecule has 0 radical (unpaired) electrons. The van der Waals surface area contributed by atoms with Gasteiger partial charge in [-0.15, -0.1) is 0 Å². The highest BCUT2D eigenvalue weighted by atomic mass is 16.6. The fourth-order valence-electron chi connectivity index (χ4n) is 2.44. The van der Waals surface area contributed by atoms with E-state index in [4.69, 9.17) is 14.2 Å². The second-order valence-corrected chi connectivity index (χ2v) is 6.75. The molecule has 132 valence electrons. The molecule has 0 aromatic heterocycles. The van der Waals surface area contributed by atoms with E-state index in [1.807, 2.05) is 51.1 Å². The summed E-state index contributed by atoms with van der Waals surface area (Å²) >= 11 is 0. The summed E-state index contributed by atoms with van der Waals surface area (Å²) in [4.78, 5) is 25.9. The summed E-state index contributed by atoms with van der Waals surface area (Å²) in [6.07, 6.45) is -0.340. The first kappa shape index (κ1) is 18.3. The Labute approximate surface area is 142 Å². The molecule has 1 heterocycles. The maximum atomic E-state index is 12.3. The van der Waals surface area contributed by atoms with E-state index in [-0.39, 0.29) is 25.0 Å². The summed E-state index contributed by atoms with van der Waals surface area (Å²) in [5.74, 6) is -0.348. The third-order valence-corrected chi connectivity index (χ3v) is 3.49. The van der Waals surface area contributed by atoms with Crippen LogP contribution in [0.2, 0.25) is 0 Å². The minimum Gasteiger partial charge on any atom is -0.460 e. The number of amides is 1. The molecule has 0 aliphatic carbocycles. The van der Waals surface area contributed by atoms with Gasteiger partial charge in [-0.3, -0.25) is 4.79 Å². The average Bonchev–Trinajstić information content (AvgIpc) is 2.52. The largest absolute Gasteiger partial charge is 0.460 e. The van der Waals surface area contributed by atoms with Crippen molar-refractivity contribution < 1.29 is 23.8 Å². The van der Waals surface area contributed by atoms with Crippen LogP contribution in [-0.4, -0.2) is 48.4 Å². The number of rotatable bonds is 4. The number of nitrogens with zero attached hydrogens (tertiary/aromatic N) is 1. The number of esters is 1. The SMILES string of the molecule is CC(C)(C)OC(=O)CC1COCCN1C(=O)OCc1ccccc1. The maximum Gasteiger partial charge on any atom is 0.410 e. The van der Waals surface area contributed by atoms with Crippen molar-refractivity contribution in [2.24, 2.45) is 0 Å². The van der Waals surface area contributed by atoms with Crippen LogP contribution in [0.3, 0.4) is 0 Å². The number of benzene rings is 1. The molecule has 24 heavy (non-hydrogen) atoms. The van der Waals surface area contributed by atoms with Gasteiger partial charge in [0.15, 0.2) is 0 Å². The molecule has 1 aliphatic rings. The van der Waals surface area contributed by atoms with Crippen LogP contribution in [-0.2, 0) is 25.6 Å². The second kappa shape index (κ2) is 8.15. The fourth-order valence-corrected chi connectivity index (χ4v) is 2.44. The number of ether oxygens (including phenoxy) is 3. The van der Waals surface area contributed by atoms with Crippen LogP contribution in [0, 0.1) is 0 Å². The van der Waals surface area contributed by atoms with Crippen molar-refractivity contribution in [2.75, 3.05) is 19.8 Å². The zero-order valence-electron chi connectivity index (χ0n) is 14.5. The minimum absolute atomic E-state index is 0.0949. The summed E-state index contributed by atoms with van der Waals surface area (Å²) < 4.78 is 16.1. The Bertz CT molecular complexity index is 552. The molecule has 6 nitrogen and oxygen atoms in total. The zero-order valence-corrected chi connectivity index (χ0v) is 14.5. The van der Waals surface area contributed by atoms with Gasteiger partial charge < -0.3 is 19.1 Å². The lowest BCUT2D eigenvalue weighted by Gasteiger charge is -2.34. The Balaban J connectivity index is 1.90. The monoisotopic (exact) mass is 335 g/mol. The Hall–Kier alpha value is -2.08. The molecule has 1 atom stereocenters. The van der Waals surface area contributed by atoms with E-state index in [0.29, 0.717) is 19.8 Å². The van der Waals surface area contributed by atoms with Crippen LogP contribution in [0.5, 0.6) is 0 Å². The molecule has 1 fully saturated rings. The van der Waals surface area contributed by atoms with E-state index in [1.54, 1.807) is 4.90 Å². The minimum atomic E-state index is -0.550. The first-order valence-corrected chi connectivity index (χ1v) is 8.12. The van der Waals surface area contributed by atoms with E-state index >= 15 is 0 Å². The number of hydrogen-bond donors (Lipinski definition) is 0. The molecule has 1 aromatic rings. The van der Waals surface area contributed by atoms with Crippen LogP contribution in [0.15, 0.2) is 30.3 Å². The van der Waals surface area contributed by atoms with Crippen molar-refractivity contribution in [1.82, 2.24) is 4.90 Å². The first-order valence-electron chi connectivity index (χ1n) is 8.12. The van der Waals surface area contributed by atoms with Crippen LogP contribution < -0.4 is 0 Å². The summed E-state index contributed by atoms with van der Waals surface area (Å²) in [5, 5.41) is 0. The van der Waals surface area contributed by atoms with Gasteiger partial charge in [-0.1, -0.05) is 30.3 Å². The predicted octanol–water partition coefficient (Wildman–Crippen LogP) is 2.76.